The van der Waals surface area contributed by atoms with Crippen LogP contribution in [0.2, 0.25) is 0 Å². The summed E-state index contributed by atoms with van der Waals surface area (Å²) in [5, 5.41) is 18.7. The van der Waals surface area contributed by atoms with Gasteiger partial charge in [0.2, 0.25) is 0 Å². The lowest BCUT2D eigenvalue weighted by molar-refractivity contribution is 0.0691. The van der Waals surface area contributed by atoms with E-state index < -0.39 is 5.97 Å². The summed E-state index contributed by atoms with van der Waals surface area (Å²) in [7, 11) is 0. The van der Waals surface area contributed by atoms with Crippen molar-refractivity contribution in [3.05, 3.63) is 58.9 Å². The molecule has 0 unspecified atom stereocenters. The second-order valence-corrected chi connectivity index (χ2v) is 5.30. The zero-order chi connectivity index (χ0) is 14.8. The van der Waals surface area contributed by atoms with Crippen molar-refractivity contribution in [1.82, 2.24) is 15.0 Å². The summed E-state index contributed by atoms with van der Waals surface area (Å²) in [4.78, 5) is 12.0. The minimum Gasteiger partial charge on any atom is -0.476 e. The Hall–Kier alpha value is -2.54. The first-order valence-corrected chi connectivity index (χ1v) is 6.98. The zero-order valence-corrected chi connectivity index (χ0v) is 11.5. The van der Waals surface area contributed by atoms with E-state index in [4.69, 9.17) is 0 Å². The van der Waals surface area contributed by atoms with E-state index in [-0.39, 0.29) is 11.5 Å². The molecular formula is C14H10FN3O2S. The maximum absolute atomic E-state index is 12.9. The lowest BCUT2D eigenvalue weighted by Crippen LogP contribution is -2.05. The maximum Gasteiger partial charge on any atom is 0.358 e. The molecule has 21 heavy (non-hydrogen) atoms. The molecule has 5 nitrogen and oxygen atoms in total. The van der Waals surface area contributed by atoms with Crippen LogP contribution in [0.1, 0.15) is 16.1 Å². The van der Waals surface area contributed by atoms with Crippen LogP contribution in [0.25, 0.3) is 10.6 Å². The number of nitrogens with zero attached hydrogens (tertiary/aromatic N) is 3. The van der Waals surface area contributed by atoms with Crippen molar-refractivity contribution in [1.29, 1.82) is 0 Å². The van der Waals surface area contributed by atoms with Crippen LogP contribution >= 0.6 is 11.3 Å². The number of aromatic carboxylic acids is 1. The third kappa shape index (κ3) is 2.68. The third-order valence-corrected chi connectivity index (χ3v) is 3.81. The molecule has 2 heterocycles. The SMILES string of the molecule is O=C(O)c1nnn(Cc2ccc(F)cc2)c1-c1cccs1. The fraction of sp³-hybridized carbons (Fsp3) is 0.0714. The highest BCUT2D eigenvalue weighted by Crippen LogP contribution is 2.27. The minimum absolute atomic E-state index is 0.0837. The van der Waals surface area contributed by atoms with Crippen LogP contribution in [0.5, 0.6) is 0 Å². The van der Waals surface area contributed by atoms with Crippen molar-refractivity contribution in [2.45, 2.75) is 6.54 Å². The molecular weight excluding hydrogens is 293 g/mol. The average molecular weight is 303 g/mol. The number of carboxylic acid groups (broad SMARTS) is 1. The van der Waals surface area contributed by atoms with Crippen LogP contribution in [-0.2, 0) is 6.54 Å². The Balaban J connectivity index is 2.03. The number of hydrogen-bond acceptors (Lipinski definition) is 4. The molecule has 0 fully saturated rings. The van der Waals surface area contributed by atoms with Gasteiger partial charge in [0.15, 0.2) is 5.69 Å². The number of carbonyl (C=O) groups is 1. The molecule has 0 amide bonds. The van der Waals surface area contributed by atoms with Crippen molar-refractivity contribution in [3.63, 3.8) is 0 Å². The van der Waals surface area contributed by atoms with Crippen molar-refractivity contribution in [3.8, 4) is 10.6 Å². The Morgan fingerprint density at radius 2 is 2.05 bits per heavy atom. The van der Waals surface area contributed by atoms with Crippen LogP contribution in [0.4, 0.5) is 4.39 Å². The lowest BCUT2D eigenvalue weighted by Gasteiger charge is -2.05. The third-order valence-electron chi connectivity index (χ3n) is 2.94. The molecule has 0 saturated carbocycles. The Bertz CT molecular complexity index is 766. The van der Waals surface area contributed by atoms with Gasteiger partial charge in [-0.1, -0.05) is 23.4 Å². The predicted molar refractivity (Wildman–Crippen MR) is 75.8 cm³/mol. The Morgan fingerprint density at radius 1 is 1.29 bits per heavy atom. The quantitative estimate of drug-likeness (QED) is 0.804. The van der Waals surface area contributed by atoms with E-state index in [0.717, 1.165) is 10.4 Å². The summed E-state index contributed by atoms with van der Waals surface area (Å²) in [6, 6.07) is 9.63. The number of thiophene rings is 1. The molecule has 3 aromatic rings. The van der Waals surface area contributed by atoms with E-state index in [0.29, 0.717) is 12.2 Å². The molecule has 1 aromatic carbocycles. The smallest absolute Gasteiger partial charge is 0.358 e. The highest BCUT2D eigenvalue weighted by molar-refractivity contribution is 7.13. The van der Waals surface area contributed by atoms with E-state index in [1.54, 1.807) is 12.1 Å². The molecule has 2 aromatic heterocycles. The van der Waals surface area contributed by atoms with Gasteiger partial charge in [-0.2, -0.15) is 0 Å². The summed E-state index contributed by atoms with van der Waals surface area (Å²) >= 11 is 1.42. The minimum atomic E-state index is -1.12. The Morgan fingerprint density at radius 3 is 2.67 bits per heavy atom. The fourth-order valence-corrected chi connectivity index (χ4v) is 2.76. The molecule has 3 rings (SSSR count). The first kappa shape index (κ1) is 13.4. The first-order chi connectivity index (χ1) is 10.1. The molecule has 0 atom stereocenters. The molecule has 0 spiro atoms. The van der Waals surface area contributed by atoms with Crippen LogP contribution in [-0.4, -0.2) is 26.1 Å². The second kappa shape index (κ2) is 5.45. The summed E-state index contributed by atoms with van der Waals surface area (Å²) in [6.07, 6.45) is 0. The molecule has 0 radical (unpaired) electrons. The summed E-state index contributed by atoms with van der Waals surface area (Å²) < 4.78 is 14.4. The van der Waals surface area contributed by atoms with Crippen molar-refractivity contribution >= 4 is 17.3 Å². The standard InChI is InChI=1S/C14H10FN3O2S/c15-10-5-3-9(4-6-10)8-18-13(11-2-1-7-21-11)12(14(19)20)16-17-18/h1-7H,8H2,(H,19,20). The average Bonchev–Trinajstić information content (AvgIpc) is 3.10. The second-order valence-electron chi connectivity index (χ2n) is 4.35. The van der Waals surface area contributed by atoms with Gasteiger partial charge in [-0.25, -0.2) is 13.9 Å². The molecule has 106 valence electrons. The van der Waals surface area contributed by atoms with Crippen LogP contribution in [0, 0.1) is 5.82 Å². The van der Waals surface area contributed by atoms with Crippen molar-refractivity contribution < 1.29 is 14.3 Å². The maximum atomic E-state index is 12.9. The first-order valence-electron chi connectivity index (χ1n) is 6.10. The number of benzene rings is 1. The van der Waals surface area contributed by atoms with E-state index >= 15 is 0 Å². The zero-order valence-electron chi connectivity index (χ0n) is 10.7. The van der Waals surface area contributed by atoms with Gasteiger partial charge >= 0.3 is 5.97 Å². The van der Waals surface area contributed by atoms with Gasteiger partial charge in [0, 0.05) is 0 Å². The van der Waals surface area contributed by atoms with Crippen molar-refractivity contribution in [2.24, 2.45) is 0 Å². The van der Waals surface area contributed by atoms with Gasteiger partial charge in [0.25, 0.3) is 0 Å². The highest BCUT2D eigenvalue weighted by Gasteiger charge is 2.21. The summed E-state index contributed by atoms with van der Waals surface area (Å²) in [5.41, 5.74) is 1.19. The molecule has 0 saturated heterocycles. The van der Waals surface area contributed by atoms with E-state index in [1.165, 1.54) is 28.2 Å². The highest BCUT2D eigenvalue weighted by atomic mass is 32.1. The van der Waals surface area contributed by atoms with E-state index in [9.17, 15) is 14.3 Å². The van der Waals surface area contributed by atoms with E-state index in [1.807, 2.05) is 17.5 Å². The van der Waals surface area contributed by atoms with Crippen LogP contribution in [0.15, 0.2) is 41.8 Å². The molecule has 0 bridgehead atoms. The molecule has 0 aliphatic carbocycles. The lowest BCUT2D eigenvalue weighted by atomic mass is 10.2. The topological polar surface area (TPSA) is 68.0 Å². The normalized spacial score (nSPS) is 10.7. The monoisotopic (exact) mass is 303 g/mol. The number of halogens is 1. The summed E-state index contributed by atoms with van der Waals surface area (Å²) in [5.74, 6) is -1.44. The van der Waals surface area contributed by atoms with Crippen molar-refractivity contribution in [2.75, 3.05) is 0 Å². The molecule has 0 aliphatic heterocycles. The van der Waals surface area contributed by atoms with Crippen LogP contribution < -0.4 is 0 Å². The van der Waals surface area contributed by atoms with Crippen LogP contribution in [0.3, 0.4) is 0 Å². The van der Waals surface area contributed by atoms with Gasteiger partial charge in [-0.05, 0) is 29.1 Å². The number of rotatable bonds is 4. The molecule has 1 N–H and O–H groups in total. The Labute approximate surface area is 123 Å². The number of aromatic nitrogens is 3. The molecule has 0 aliphatic rings. The Kier molecular flexibility index (Phi) is 3.49. The predicted octanol–water partition coefficient (Wildman–Crippen LogP) is 2.89. The summed E-state index contributed by atoms with van der Waals surface area (Å²) in [6.45, 7) is 0.327. The van der Waals surface area contributed by atoms with Gasteiger partial charge in [-0.15, -0.1) is 16.4 Å². The van der Waals surface area contributed by atoms with E-state index in [2.05, 4.69) is 10.3 Å². The fourth-order valence-electron chi connectivity index (χ4n) is 1.99. The van der Waals surface area contributed by atoms with Gasteiger partial charge in [0.05, 0.1) is 11.4 Å². The van der Waals surface area contributed by atoms with Gasteiger partial charge in [-0.3, -0.25) is 0 Å². The van der Waals surface area contributed by atoms with Gasteiger partial charge < -0.3 is 5.11 Å². The number of carboxylic acids is 1. The van der Waals surface area contributed by atoms with Gasteiger partial charge in [0.1, 0.15) is 11.5 Å². The number of hydrogen-bond donors (Lipinski definition) is 1. The largest absolute Gasteiger partial charge is 0.476 e. The molecule has 7 heteroatoms.